The van der Waals surface area contributed by atoms with E-state index in [0.29, 0.717) is 24.5 Å². The first-order valence-electron chi connectivity index (χ1n) is 10.8. The molecule has 0 saturated carbocycles. The Hall–Kier alpha value is -3.16. The molecule has 172 valence electrons. The van der Waals surface area contributed by atoms with Crippen LogP contribution >= 0.6 is 0 Å². The minimum Gasteiger partial charge on any atom is -0.360 e. The van der Waals surface area contributed by atoms with Crippen LogP contribution in [-0.4, -0.2) is 21.9 Å². The van der Waals surface area contributed by atoms with Crippen LogP contribution in [0.2, 0.25) is 0 Å². The average molecular weight is 441 g/mol. The third-order valence-corrected chi connectivity index (χ3v) is 5.15. The normalized spacial score (nSPS) is 19.4. The third-order valence-electron chi connectivity index (χ3n) is 5.15. The van der Waals surface area contributed by atoms with Crippen molar-refractivity contribution in [3.8, 4) is 0 Å². The summed E-state index contributed by atoms with van der Waals surface area (Å²) in [6.07, 6.45) is 6.24. The summed E-state index contributed by atoms with van der Waals surface area (Å²) in [6.45, 7) is 12.0. The Morgan fingerprint density at radius 1 is 0.719 bits per heavy atom. The fraction of sp³-hybridized carbons (Fsp3) is 0.500. The predicted molar refractivity (Wildman–Crippen MR) is 122 cm³/mol. The number of nitrogens with zero attached hydrogens (tertiary/aromatic N) is 2. The maximum Gasteiger partial charge on any atom is 0.173 e. The summed E-state index contributed by atoms with van der Waals surface area (Å²) in [5.41, 5.74) is 1.86. The molecule has 0 bridgehead atoms. The lowest BCUT2D eigenvalue weighted by atomic mass is 9.79. The molecule has 4 rings (SSSR count). The average Bonchev–Trinajstić information content (AvgIpc) is 3.19. The Morgan fingerprint density at radius 3 is 1.38 bits per heavy atom. The molecule has 0 aliphatic heterocycles. The lowest BCUT2D eigenvalue weighted by Crippen LogP contribution is -2.24. The number of ketones is 2. The van der Waals surface area contributed by atoms with Crippen LogP contribution in [-0.2, 0) is 9.59 Å². The molecule has 2 aromatic heterocycles. The number of hydrogen-bond donors (Lipinski definition) is 2. The van der Waals surface area contributed by atoms with Crippen molar-refractivity contribution < 1.29 is 18.6 Å². The summed E-state index contributed by atoms with van der Waals surface area (Å²) in [5.74, 6) is 3.16. The zero-order valence-corrected chi connectivity index (χ0v) is 19.7. The van der Waals surface area contributed by atoms with Gasteiger partial charge in [-0.1, -0.05) is 38.0 Å². The summed E-state index contributed by atoms with van der Waals surface area (Å²) < 4.78 is 9.92. The molecule has 32 heavy (non-hydrogen) atoms. The number of anilines is 2. The minimum absolute atomic E-state index is 0.0208. The molecule has 0 aromatic carbocycles. The van der Waals surface area contributed by atoms with E-state index in [-0.39, 0.29) is 22.4 Å². The topological polar surface area (TPSA) is 110 Å². The Labute approximate surface area is 188 Å². The van der Waals surface area contributed by atoms with Gasteiger partial charge in [0, 0.05) is 48.5 Å². The largest absolute Gasteiger partial charge is 0.360 e. The fourth-order valence-electron chi connectivity index (χ4n) is 4.03. The number of carbonyl (C=O) groups excluding carboxylic acids is 2. The standard InChI is InChI=1S/2C12H16N2O2/c2*1-8-4-11(14-16-8)13-9-5-10(15)7-12(2,3)6-9/h2*4-5H,6-7H2,1-3H3,(H,13,14). The van der Waals surface area contributed by atoms with Gasteiger partial charge in [0.2, 0.25) is 0 Å². The van der Waals surface area contributed by atoms with E-state index in [2.05, 4.69) is 48.6 Å². The number of nitrogens with one attached hydrogen (secondary N) is 2. The molecule has 0 atom stereocenters. The molecule has 0 radical (unpaired) electrons. The summed E-state index contributed by atoms with van der Waals surface area (Å²) in [6, 6.07) is 3.62. The zero-order chi connectivity index (χ0) is 23.5. The number of rotatable bonds is 4. The van der Waals surface area contributed by atoms with Crippen molar-refractivity contribution in [1.82, 2.24) is 10.3 Å². The van der Waals surface area contributed by atoms with E-state index in [1.165, 1.54) is 0 Å². The van der Waals surface area contributed by atoms with Gasteiger partial charge in [0.25, 0.3) is 0 Å². The number of aromatic nitrogens is 2. The van der Waals surface area contributed by atoms with Crippen molar-refractivity contribution in [2.75, 3.05) is 10.6 Å². The second-order valence-electron chi connectivity index (χ2n) is 10.2. The molecule has 8 heteroatoms. The molecule has 0 unspecified atom stereocenters. The Balaban J connectivity index is 0.000000181. The molecule has 8 nitrogen and oxygen atoms in total. The van der Waals surface area contributed by atoms with Gasteiger partial charge in [-0.05, 0) is 37.5 Å². The summed E-state index contributed by atoms with van der Waals surface area (Å²) in [7, 11) is 0. The van der Waals surface area contributed by atoms with Crippen LogP contribution in [0.1, 0.15) is 64.9 Å². The van der Waals surface area contributed by atoms with E-state index in [9.17, 15) is 9.59 Å². The van der Waals surface area contributed by atoms with Crippen molar-refractivity contribution in [3.63, 3.8) is 0 Å². The maximum absolute atomic E-state index is 11.5. The number of aryl methyl sites for hydroxylation is 2. The Kier molecular flexibility index (Phi) is 6.71. The summed E-state index contributed by atoms with van der Waals surface area (Å²) in [5, 5.41) is 13.9. The van der Waals surface area contributed by atoms with Crippen LogP contribution < -0.4 is 10.6 Å². The highest BCUT2D eigenvalue weighted by molar-refractivity contribution is 5.92. The van der Waals surface area contributed by atoms with Crippen LogP contribution in [0.15, 0.2) is 44.7 Å². The molecule has 2 heterocycles. The quantitative estimate of drug-likeness (QED) is 0.656. The molecule has 0 spiro atoms. The van der Waals surface area contributed by atoms with Gasteiger partial charge in [-0.3, -0.25) is 9.59 Å². The molecule has 0 fully saturated rings. The first-order chi connectivity index (χ1) is 14.9. The van der Waals surface area contributed by atoms with E-state index in [1.54, 1.807) is 12.2 Å². The fourth-order valence-corrected chi connectivity index (χ4v) is 4.03. The van der Waals surface area contributed by atoms with Crippen LogP contribution in [0.5, 0.6) is 0 Å². The number of hydrogen-bond acceptors (Lipinski definition) is 8. The van der Waals surface area contributed by atoms with Gasteiger partial charge in [-0.15, -0.1) is 0 Å². The van der Waals surface area contributed by atoms with Gasteiger partial charge in [0.15, 0.2) is 23.2 Å². The van der Waals surface area contributed by atoms with Crippen molar-refractivity contribution in [2.45, 2.75) is 67.2 Å². The van der Waals surface area contributed by atoms with Crippen molar-refractivity contribution in [2.24, 2.45) is 10.8 Å². The molecule has 0 amide bonds. The van der Waals surface area contributed by atoms with Crippen molar-refractivity contribution in [3.05, 3.63) is 47.2 Å². The smallest absolute Gasteiger partial charge is 0.173 e. The zero-order valence-electron chi connectivity index (χ0n) is 19.7. The number of carbonyl (C=O) groups is 2. The predicted octanol–water partition coefficient (Wildman–Crippen LogP) is 5.34. The first kappa shape index (κ1) is 23.5. The lowest BCUT2D eigenvalue weighted by molar-refractivity contribution is -0.117. The van der Waals surface area contributed by atoms with E-state index >= 15 is 0 Å². The second-order valence-corrected chi connectivity index (χ2v) is 10.2. The van der Waals surface area contributed by atoms with Crippen molar-refractivity contribution >= 4 is 23.2 Å². The van der Waals surface area contributed by atoms with Gasteiger partial charge in [-0.2, -0.15) is 0 Å². The van der Waals surface area contributed by atoms with E-state index in [1.807, 2.05) is 26.0 Å². The van der Waals surface area contributed by atoms with E-state index in [4.69, 9.17) is 9.05 Å². The Morgan fingerprint density at radius 2 is 1.09 bits per heavy atom. The molecule has 2 N–H and O–H groups in total. The highest BCUT2D eigenvalue weighted by Gasteiger charge is 2.28. The lowest BCUT2D eigenvalue weighted by Gasteiger charge is -2.28. The van der Waals surface area contributed by atoms with E-state index in [0.717, 1.165) is 35.8 Å². The van der Waals surface area contributed by atoms with E-state index < -0.39 is 0 Å². The Bertz CT molecular complexity index is 972. The van der Waals surface area contributed by atoms with Gasteiger partial charge in [-0.25, -0.2) is 0 Å². The molecule has 2 aromatic rings. The third kappa shape index (κ3) is 6.93. The molecule has 0 saturated heterocycles. The molecular weight excluding hydrogens is 408 g/mol. The van der Waals surface area contributed by atoms with Crippen LogP contribution in [0.4, 0.5) is 11.6 Å². The number of allylic oxidation sites excluding steroid dienone is 4. The SMILES string of the molecule is Cc1cc(NC2=CC(=O)CC(C)(C)C2)no1.Cc1cc(NC2=CC(=O)CC(C)(C)C2)no1. The van der Waals surface area contributed by atoms with Gasteiger partial charge < -0.3 is 19.7 Å². The van der Waals surface area contributed by atoms with Crippen LogP contribution in [0.3, 0.4) is 0 Å². The monoisotopic (exact) mass is 440 g/mol. The van der Waals surface area contributed by atoms with Gasteiger partial charge in [0.1, 0.15) is 11.5 Å². The minimum atomic E-state index is 0.0208. The maximum atomic E-state index is 11.5. The molecular formula is C24H32N4O4. The second kappa shape index (κ2) is 9.14. The summed E-state index contributed by atoms with van der Waals surface area (Å²) in [4.78, 5) is 23.0. The van der Waals surface area contributed by atoms with Crippen LogP contribution in [0, 0.1) is 24.7 Å². The molecule has 2 aliphatic carbocycles. The van der Waals surface area contributed by atoms with Crippen LogP contribution in [0.25, 0.3) is 0 Å². The van der Waals surface area contributed by atoms with Gasteiger partial charge in [0.05, 0.1) is 0 Å². The highest BCUT2D eigenvalue weighted by atomic mass is 16.5. The van der Waals surface area contributed by atoms with Crippen molar-refractivity contribution in [1.29, 1.82) is 0 Å². The van der Waals surface area contributed by atoms with Gasteiger partial charge >= 0.3 is 0 Å². The highest BCUT2D eigenvalue weighted by Crippen LogP contribution is 2.34. The summed E-state index contributed by atoms with van der Waals surface area (Å²) >= 11 is 0. The first-order valence-corrected chi connectivity index (χ1v) is 10.8. The molecule has 2 aliphatic rings.